The van der Waals surface area contributed by atoms with Gasteiger partial charge in [-0.1, -0.05) is 24.9 Å². The van der Waals surface area contributed by atoms with Gasteiger partial charge in [0.2, 0.25) is 5.91 Å². The number of amides is 3. The Balaban J connectivity index is 1.48. The summed E-state index contributed by atoms with van der Waals surface area (Å²) >= 11 is 6.03. The third-order valence-electron chi connectivity index (χ3n) is 7.84. The number of anilines is 2. The van der Waals surface area contributed by atoms with Gasteiger partial charge in [0, 0.05) is 36.3 Å². The number of ether oxygens (including phenoxy) is 3. The molecule has 226 valence electrons. The van der Waals surface area contributed by atoms with Crippen molar-refractivity contribution in [3.63, 3.8) is 0 Å². The molecule has 2 N–H and O–H groups in total. The van der Waals surface area contributed by atoms with Crippen LogP contribution < -0.4 is 15.4 Å². The minimum atomic E-state index is -0.861. The maximum atomic E-state index is 15.0. The summed E-state index contributed by atoms with van der Waals surface area (Å²) < 4.78 is 30.8. The van der Waals surface area contributed by atoms with Crippen LogP contribution in [0.15, 0.2) is 48.7 Å². The smallest absolute Gasteiger partial charge is 0.411 e. The standard InChI is InChI=1S/C31H32ClFN4O6/c1-17-5-4-6-24(37-14-12-26(43-31(37)40)27-25(41-2)10-9-21(32)28(27)33)18-11-13-34-22(15-18)20-8-7-19(35-30(39)42-3)16-23(20)36-29(17)38/h7-11,13,15-17,24,26H,4-6,12,14H2,1-3H3,(H,35,39)(H,36,38). The molecule has 1 fully saturated rings. The summed E-state index contributed by atoms with van der Waals surface area (Å²) in [5.41, 5.74) is 3.09. The van der Waals surface area contributed by atoms with Crippen LogP contribution in [0.1, 0.15) is 55.9 Å². The lowest BCUT2D eigenvalue weighted by Crippen LogP contribution is -2.42. The Kier molecular flexibility index (Phi) is 9.00. The SMILES string of the molecule is COC(=O)Nc1ccc2c(c1)NC(=O)C(C)CCCC(N1CCC(c3c(OC)ccc(Cl)c3F)OC1=O)c1ccnc-2c1. The molecule has 1 aromatic heterocycles. The van der Waals surface area contributed by atoms with Crippen LogP contribution in [0.5, 0.6) is 5.75 Å². The molecule has 3 atom stereocenters. The Morgan fingerprint density at radius 2 is 1.95 bits per heavy atom. The second-order valence-corrected chi connectivity index (χ2v) is 10.9. The van der Waals surface area contributed by atoms with E-state index in [1.165, 1.54) is 20.3 Å². The average Bonchev–Trinajstić information content (AvgIpc) is 3.00. The molecule has 0 radical (unpaired) electrons. The van der Waals surface area contributed by atoms with Gasteiger partial charge in [-0.15, -0.1) is 0 Å². The van der Waals surface area contributed by atoms with Gasteiger partial charge in [0.25, 0.3) is 0 Å². The average molecular weight is 611 g/mol. The molecule has 0 spiro atoms. The highest BCUT2D eigenvalue weighted by Gasteiger charge is 2.37. The van der Waals surface area contributed by atoms with Gasteiger partial charge < -0.3 is 24.4 Å². The predicted octanol–water partition coefficient (Wildman–Crippen LogP) is 7.11. The molecule has 2 aliphatic rings. The highest BCUT2D eigenvalue weighted by Crippen LogP contribution is 2.41. The van der Waals surface area contributed by atoms with Crippen LogP contribution in [0.3, 0.4) is 0 Å². The number of nitrogens with zero attached hydrogens (tertiary/aromatic N) is 2. The second kappa shape index (κ2) is 12.9. The second-order valence-electron chi connectivity index (χ2n) is 10.5. The molecular formula is C31H32ClFN4O6. The third kappa shape index (κ3) is 6.36. The topological polar surface area (TPSA) is 119 Å². The molecule has 0 saturated carbocycles. The number of carbonyl (C=O) groups excluding carboxylic acids is 3. The molecule has 3 aromatic rings. The summed E-state index contributed by atoms with van der Waals surface area (Å²) in [6.45, 7) is 2.15. The number of aromatic nitrogens is 1. The van der Waals surface area contributed by atoms with Crippen molar-refractivity contribution in [2.75, 3.05) is 31.4 Å². The van der Waals surface area contributed by atoms with Gasteiger partial charge in [-0.3, -0.25) is 15.1 Å². The lowest BCUT2D eigenvalue weighted by molar-refractivity contribution is -0.119. The van der Waals surface area contributed by atoms with Gasteiger partial charge in [0.05, 0.1) is 42.2 Å². The van der Waals surface area contributed by atoms with E-state index in [-0.39, 0.29) is 34.2 Å². The highest BCUT2D eigenvalue weighted by atomic mass is 35.5. The van der Waals surface area contributed by atoms with Crippen molar-refractivity contribution in [2.24, 2.45) is 5.92 Å². The van der Waals surface area contributed by atoms with Crippen molar-refractivity contribution in [1.29, 1.82) is 0 Å². The van der Waals surface area contributed by atoms with Gasteiger partial charge in [0.15, 0.2) is 5.82 Å². The summed E-state index contributed by atoms with van der Waals surface area (Å²) in [7, 11) is 2.69. The summed E-state index contributed by atoms with van der Waals surface area (Å²) in [4.78, 5) is 44.6. The van der Waals surface area contributed by atoms with E-state index >= 15 is 4.39 Å². The van der Waals surface area contributed by atoms with Crippen LogP contribution in [-0.4, -0.2) is 48.7 Å². The summed E-state index contributed by atoms with van der Waals surface area (Å²) in [5, 5.41) is 5.52. The van der Waals surface area contributed by atoms with Gasteiger partial charge in [0.1, 0.15) is 11.9 Å². The number of pyridine rings is 1. The molecule has 3 unspecified atom stereocenters. The van der Waals surface area contributed by atoms with Gasteiger partial charge in [-0.05, 0) is 60.9 Å². The first kappa shape index (κ1) is 30.1. The fourth-order valence-electron chi connectivity index (χ4n) is 5.53. The van der Waals surface area contributed by atoms with Crippen LogP contribution in [0.2, 0.25) is 5.02 Å². The number of nitrogens with one attached hydrogen (secondary N) is 2. The Morgan fingerprint density at radius 3 is 2.70 bits per heavy atom. The Labute approximate surface area is 253 Å². The summed E-state index contributed by atoms with van der Waals surface area (Å²) in [6, 6.07) is 11.4. The third-order valence-corrected chi connectivity index (χ3v) is 8.13. The number of halogens is 2. The monoisotopic (exact) mass is 610 g/mol. The molecule has 2 bridgehead atoms. The van der Waals surface area contributed by atoms with Crippen molar-refractivity contribution >= 4 is 41.1 Å². The summed E-state index contributed by atoms with van der Waals surface area (Å²) in [6.07, 6.45) is 1.70. The molecule has 2 aliphatic heterocycles. The first-order chi connectivity index (χ1) is 20.7. The highest BCUT2D eigenvalue weighted by molar-refractivity contribution is 6.30. The minimum Gasteiger partial charge on any atom is -0.496 e. The number of methoxy groups -OCH3 is 2. The van der Waals surface area contributed by atoms with E-state index in [4.69, 9.17) is 25.8 Å². The zero-order valence-electron chi connectivity index (χ0n) is 24.0. The maximum absolute atomic E-state index is 15.0. The Hall–Kier alpha value is -4.38. The zero-order chi connectivity index (χ0) is 30.7. The molecule has 12 heteroatoms. The molecule has 2 aromatic carbocycles. The van der Waals surface area contributed by atoms with E-state index in [1.54, 1.807) is 35.4 Å². The number of hydrogen-bond donors (Lipinski definition) is 2. The van der Waals surface area contributed by atoms with Crippen molar-refractivity contribution < 1.29 is 33.0 Å². The molecule has 43 heavy (non-hydrogen) atoms. The fraction of sp³-hybridized carbons (Fsp3) is 0.355. The molecule has 3 heterocycles. The van der Waals surface area contributed by atoms with Gasteiger partial charge >= 0.3 is 12.2 Å². The minimum absolute atomic E-state index is 0.0791. The molecule has 0 aliphatic carbocycles. The fourth-order valence-corrected chi connectivity index (χ4v) is 5.70. The predicted molar refractivity (Wildman–Crippen MR) is 159 cm³/mol. The lowest BCUT2D eigenvalue weighted by atomic mass is 9.93. The quantitative estimate of drug-likeness (QED) is 0.323. The van der Waals surface area contributed by atoms with E-state index in [9.17, 15) is 14.4 Å². The van der Waals surface area contributed by atoms with Crippen LogP contribution in [0.25, 0.3) is 11.3 Å². The molecular weight excluding hydrogens is 579 g/mol. The summed E-state index contributed by atoms with van der Waals surface area (Å²) in [5.74, 6) is -0.920. The molecule has 10 nitrogen and oxygen atoms in total. The maximum Gasteiger partial charge on any atom is 0.411 e. The molecule has 3 amide bonds. The lowest BCUT2D eigenvalue weighted by Gasteiger charge is -2.38. The Bertz CT molecular complexity index is 1550. The van der Waals surface area contributed by atoms with E-state index in [2.05, 4.69) is 15.6 Å². The van der Waals surface area contributed by atoms with Crippen molar-refractivity contribution in [3.8, 4) is 17.0 Å². The largest absolute Gasteiger partial charge is 0.496 e. The first-order valence-corrected chi connectivity index (χ1v) is 14.3. The van der Waals surface area contributed by atoms with E-state index in [0.29, 0.717) is 54.9 Å². The number of hydrogen-bond acceptors (Lipinski definition) is 7. The van der Waals surface area contributed by atoms with E-state index in [0.717, 1.165) is 5.56 Å². The molecule has 1 saturated heterocycles. The Morgan fingerprint density at radius 1 is 1.14 bits per heavy atom. The zero-order valence-corrected chi connectivity index (χ0v) is 24.7. The van der Waals surface area contributed by atoms with Gasteiger partial charge in [-0.2, -0.15) is 0 Å². The number of cyclic esters (lactones) is 1. The van der Waals surface area contributed by atoms with Crippen LogP contribution in [-0.2, 0) is 14.3 Å². The number of carbonyl (C=O) groups is 3. The van der Waals surface area contributed by atoms with Gasteiger partial charge in [-0.25, -0.2) is 14.0 Å². The van der Waals surface area contributed by atoms with Crippen LogP contribution in [0.4, 0.5) is 25.4 Å². The number of benzene rings is 2. The molecule has 5 rings (SSSR count). The van der Waals surface area contributed by atoms with Crippen molar-refractivity contribution in [2.45, 2.75) is 44.8 Å². The number of rotatable bonds is 4. The van der Waals surface area contributed by atoms with E-state index < -0.39 is 24.1 Å². The van der Waals surface area contributed by atoms with Crippen molar-refractivity contribution in [3.05, 3.63) is 70.6 Å². The number of fused-ring (bicyclic) bond motifs is 4. The first-order valence-electron chi connectivity index (χ1n) is 14.0. The van der Waals surface area contributed by atoms with Crippen LogP contribution >= 0.6 is 11.6 Å². The normalized spacial score (nSPS) is 20.5. The van der Waals surface area contributed by atoms with E-state index in [1.807, 2.05) is 19.1 Å². The van der Waals surface area contributed by atoms with Crippen LogP contribution in [0, 0.1) is 11.7 Å². The van der Waals surface area contributed by atoms with Crippen molar-refractivity contribution in [1.82, 2.24) is 9.88 Å².